The monoisotopic (exact) mass is 606 g/mol. The summed E-state index contributed by atoms with van der Waals surface area (Å²) in [7, 11) is 6.29. The van der Waals surface area contributed by atoms with Crippen molar-refractivity contribution in [2.75, 3.05) is 28.4 Å². The van der Waals surface area contributed by atoms with Crippen LogP contribution in [-0.2, 0) is 38.1 Å². The predicted molar refractivity (Wildman–Crippen MR) is 170 cm³/mol. The molecule has 0 aromatic rings. The third kappa shape index (κ3) is 14.1. The third-order valence-corrected chi connectivity index (χ3v) is 6.49. The van der Waals surface area contributed by atoms with Crippen molar-refractivity contribution in [1.29, 1.82) is 0 Å². The summed E-state index contributed by atoms with van der Waals surface area (Å²) in [5, 5.41) is 2.59. The SMILES string of the molecule is CC.CC.COC1=C2CCCC(OC)C[C@@H](C)/C=C(\C)C(OC)C(OC)/C=C\C=C(/C)C(=O)NC(=CC1=O)C2=O.NC=O. The zero-order chi connectivity index (χ0) is 33.5. The minimum absolute atomic E-state index is 0.0243. The predicted octanol–water partition coefficient (Wildman–Crippen LogP) is 4.90. The molecule has 1 heterocycles. The van der Waals surface area contributed by atoms with Crippen molar-refractivity contribution >= 4 is 23.9 Å². The number of ketones is 2. The number of carbonyl (C=O) groups excluding carboxylic acids is 4. The van der Waals surface area contributed by atoms with Crippen LogP contribution in [0.1, 0.15) is 74.1 Å². The number of hydrogen-bond acceptors (Lipinski definition) is 8. The average Bonchev–Trinajstić information content (AvgIpc) is 3.00. The Bertz CT molecular complexity index is 1040. The van der Waals surface area contributed by atoms with E-state index in [-0.39, 0.29) is 47.7 Å². The van der Waals surface area contributed by atoms with E-state index in [1.807, 2.05) is 40.7 Å². The zero-order valence-electron chi connectivity index (χ0n) is 27.9. The summed E-state index contributed by atoms with van der Waals surface area (Å²) in [6.07, 6.45) is 10.4. The lowest BCUT2D eigenvalue weighted by Gasteiger charge is -2.25. The first kappa shape index (κ1) is 41.8. The molecule has 2 bridgehead atoms. The molecule has 10 heteroatoms. The summed E-state index contributed by atoms with van der Waals surface area (Å²) < 4.78 is 22.3. The molecule has 2 rings (SSSR count). The number of methoxy groups -OCH3 is 4. The maximum atomic E-state index is 13.1. The van der Waals surface area contributed by atoms with Crippen molar-refractivity contribution < 1.29 is 38.1 Å². The number of allylic oxidation sites excluding steroid dienone is 5. The largest absolute Gasteiger partial charge is 0.492 e. The number of rotatable bonds is 4. The first-order valence-corrected chi connectivity index (χ1v) is 14.7. The second-order valence-corrected chi connectivity index (χ2v) is 9.32. The minimum Gasteiger partial charge on any atom is -0.492 e. The van der Waals surface area contributed by atoms with Crippen molar-refractivity contribution in [2.24, 2.45) is 11.7 Å². The van der Waals surface area contributed by atoms with Crippen molar-refractivity contribution in [1.82, 2.24) is 5.32 Å². The van der Waals surface area contributed by atoms with Gasteiger partial charge >= 0.3 is 0 Å². The molecule has 3 unspecified atom stereocenters. The van der Waals surface area contributed by atoms with Crippen molar-refractivity contribution in [3.8, 4) is 0 Å². The summed E-state index contributed by atoms with van der Waals surface area (Å²) >= 11 is 0. The maximum absolute atomic E-state index is 13.1. The molecule has 1 aliphatic carbocycles. The van der Waals surface area contributed by atoms with Crippen LogP contribution >= 0.6 is 0 Å². The van der Waals surface area contributed by atoms with Crippen molar-refractivity contribution in [3.05, 3.63) is 58.6 Å². The maximum Gasteiger partial charge on any atom is 0.251 e. The van der Waals surface area contributed by atoms with Crippen LogP contribution in [0.5, 0.6) is 0 Å². The van der Waals surface area contributed by atoms with Crippen molar-refractivity contribution in [2.45, 2.75) is 92.5 Å². The molecule has 0 radical (unpaired) electrons. The molecule has 0 aromatic heterocycles. The van der Waals surface area contributed by atoms with Crippen LogP contribution in [0, 0.1) is 5.92 Å². The van der Waals surface area contributed by atoms with E-state index in [2.05, 4.69) is 24.1 Å². The standard InChI is InChI=1S/C28H39NO7.2C2H6.CH3NO/c1-17-14-19(3)26(35-6)24(34-5)13-8-10-18(2)28(32)29-22-16-23(30)27(36-7)21(25(22)31)12-9-11-20(15-17)33-4;2*1-2;2-1-3/h8,10,13-14,16-17,20,24,26H,9,11-12,15H2,1-7H3,(H,29,32);2*1-2H3;1H,(H2,2,3)/b13-8-,18-10+,19-14+;;;/t17-,20?,24?,26?;;;/m0.../s1. The van der Waals surface area contributed by atoms with Gasteiger partial charge in [-0.3, -0.25) is 19.2 Å². The number of ether oxygens (including phenoxy) is 4. The van der Waals surface area contributed by atoms with Gasteiger partial charge in [-0.15, -0.1) is 0 Å². The fourth-order valence-corrected chi connectivity index (χ4v) is 4.57. The van der Waals surface area contributed by atoms with Gasteiger partial charge in [-0.05, 0) is 51.0 Å². The smallest absolute Gasteiger partial charge is 0.251 e. The molecule has 244 valence electrons. The molecule has 2 aliphatic rings. The first-order valence-electron chi connectivity index (χ1n) is 14.7. The van der Waals surface area contributed by atoms with E-state index in [0.717, 1.165) is 18.1 Å². The molecule has 0 saturated heterocycles. The Kier molecular flexibility index (Phi) is 23.5. The van der Waals surface area contributed by atoms with Gasteiger partial charge in [0.2, 0.25) is 18.0 Å². The summed E-state index contributed by atoms with van der Waals surface area (Å²) in [5.74, 6) is -1.10. The van der Waals surface area contributed by atoms with Gasteiger partial charge < -0.3 is 30.0 Å². The van der Waals surface area contributed by atoms with E-state index in [9.17, 15) is 14.4 Å². The van der Waals surface area contributed by atoms with Gasteiger partial charge in [0.1, 0.15) is 12.2 Å². The second-order valence-electron chi connectivity index (χ2n) is 9.32. The normalized spacial score (nSPS) is 26.6. The van der Waals surface area contributed by atoms with E-state index >= 15 is 0 Å². The number of nitrogens with two attached hydrogens (primary N) is 1. The van der Waals surface area contributed by atoms with E-state index in [0.29, 0.717) is 24.8 Å². The number of amides is 2. The molecular weight excluding hydrogens is 552 g/mol. The molecular formula is C33H54N2O8. The number of Topliss-reactive ketones (excluding diaryl/α,β-unsaturated/α-hetero) is 1. The summed E-state index contributed by atoms with van der Waals surface area (Å²) in [6, 6.07) is 0. The molecule has 0 saturated carbocycles. The summed E-state index contributed by atoms with van der Waals surface area (Å²) in [6.45, 7) is 13.8. The molecule has 10 nitrogen and oxygen atoms in total. The lowest BCUT2D eigenvalue weighted by atomic mass is 9.91. The first-order chi connectivity index (χ1) is 20.6. The van der Waals surface area contributed by atoms with Gasteiger partial charge in [0.05, 0.1) is 18.9 Å². The molecule has 0 spiro atoms. The van der Waals surface area contributed by atoms with Crippen LogP contribution in [0.2, 0.25) is 0 Å². The quantitative estimate of drug-likeness (QED) is 0.261. The second kappa shape index (κ2) is 24.1. The average molecular weight is 607 g/mol. The molecule has 3 N–H and O–H groups in total. The Balaban J connectivity index is 0. The molecule has 43 heavy (non-hydrogen) atoms. The Morgan fingerprint density at radius 1 is 0.977 bits per heavy atom. The Morgan fingerprint density at radius 3 is 2.09 bits per heavy atom. The van der Waals surface area contributed by atoms with Crippen LogP contribution in [0.3, 0.4) is 0 Å². The topological polar surface area (TPSA) is 143 Å². The Hall–Kier alpha value is -3.34. The molecule has 2 amide bonds. The molecule has 4 atom stereocenters. The van der Waals surface area contributed by atoms with Gasteiger partial charge in [-0.1, -0.05) is 58.9 Å². The van der Waals surface area contributed by atoms with E-state index in [1.165, 1.54) is 7.11 Å². The number of carbonyl (C=O) groups is 4. The number of fused-ring (bicyclic) bond motifs is 2. The Morgan fingerprint density at radius 2 is 1.58 bits per heavy atom. The number of hydrogen-bond donors (Lipinski definition) is 2. The lowest BCUT2D eigenvalue weighted by Crippen LogP contribution is -2.33. The van der Waals surface area contributed by atoms with Gasteiger partial charge in [-0.2, -0.15) is 0 Å². The van der Waals surface area contributed by atoms with Crippen LogP contribution in [0.4, 0.5) is 0 Å². The number of nitrogens with one attached hydrogen (secondary N) is 1. The molecule has 1 aliphatic heterocycles. The van der Waals surface area contributed by atoms with Crippen molar-refractivity contribution in [3.63, 3.8) is 0 Å². The fourth-order valence-electron chi connectivity index (χ4n) is 4.57. The summed E-state index contributed by atoms with van der Waals surface area (Å²) in [5.41, 5.74) is 5.78. The summed E-state index contributed by atoms with van der Waals surface area (Å²) in [4.78, 5) is 47.1. The van der Waals surface area contributed by atoms with E-state index in [4.69, 9.17) is 23.7 Å². The molecule has 0 fully saturated rings. The van der Waals surface area contributed by atoms with Gasteiger partial charge in [-0.25, -0.2) is 0 Å². The van der Waals surface area contributed by atoms with Gasteiger partial charge in [0.15, 0.2) is 5.76 Å². The lowest BCUT2D eigenvalue weighted by molar-refractivity contribution is -0.120. The fraction of sp³-hybridized carbons (Fsp3) is 0.576. The van der Waals surface area contributed by atoms with Crippen LogP contribution < -0.4 is 11.1 Å². The molecule has 0 aromatic carbocycles. The third-order valence-electron chi connectivity index (χ3n) is 6.49. The van der Waals surface area contributed by atoms with Crippen LogP contribution in [0.25, 0.3) is 0 Å². The Labute approximate surface area is 258 Å². The van der Waals surface area contributed by atoms with Gasteiger partial charge in [0, 0.05) is 38.6 Å². The van der Waals surface area contributed by atoms with E-state index < -0.39 is 17.5 Å². The van der Waals surface area contributed by atoms with Gasteiger partial charge in [0.25, 0.3) is 5.91 Å². The van der Waals surface area contributed by atoms with Crippen LogP contribution in [0.15, 0.2) is 58.6 Å². The van der Waals surface area contributed by atoms with Crippen LogP contribution in [-0.4, -0.2) is 70.6 Å². The van der Waals surface area contributed by atoms with E-state index in [1.54, 1.807) is 40.4 Å². The highest BCUT2D eigenvalue weighted by molar-refractivity contribution is 6.23. The highest BCUT2D eigenvalue weighted by atomic mass is 16.5. The minimum atomic E-state index is -0.480. The highest BCUT2D eigenvalue weighted by Gasteiger charge is 2.30. The number of primary amides is 1. The highest BCUT2D eigenvalue weighted by Crippen LogP contribution is 2.26. The zero-order valence-corrected chi connectivity index (χ0v) is 27.9.